The number of hydrogen-bond acceptors (Lipinski definition) is 10. The molecule has 0 aliphatic heterocycles. The molecule has 1 amide bonds. The fraction of sp³-hybridized carbons (Fsp3) is 0.240. The predicted molar refractivity (Wildman–Crippen MR) is 138 cm³/mol. The molecule has 1 unspecified atom stereocenters. The molecule has 1 heterocycles. The van der Waals surface area contributed by atoms with Crippen LogP contribution in [0.5, 0.6) is 11.5 Å². The van der Waals surface area contributed by atoms with Crippen molar-refractivity contribution in [1.82, 2.24) is 15.3 Å². The van der Waals surface area contributed by atoms with Gasteiger partial charge in [0, 0.05) is 56.0 Å². The van der Waals surface area contributed by atoms with Crippen molar-refractivity contribution in [3.05, 3.63) is 71.8 Å². The van der Waals surface area contributed by atoms with Crippen LogP contribution in [0.3, 0.4) is 0 Å². The first-order chi connectivity index (χ1) is 18.0. The summed E-state index contributed by atoms with van der Waals surface area (Å²) >= 11 is 0. The number of nitrogens with one attached hydrogen (secondary N) is 3. The summed E-state index contributed by atoms with van der Waals surface area (Å²) in [6.45, 7) is -0.0207. The van der Waals surface area contributed by atoms with Crippen LogP contribution in [0.15, 0.2) is 60.0 Å². The lowest BCUT2D eigenvalue weighted by molar-refractivity contribution is -0.108. The Morgan fingerprint density at radius 2 is 2.00 bits per heavy atom. The quantitative estimate of drug-likeness (QED) is 0.0905. The third kappa shape index (κ3) is 7.21. The fourth-order valence-corrected chi connectivity index (χ4v) is 3.30. The van der Waals surface area contributed by atoms with E-state index in [2.05, 4.69) is 25.7 Å². The Morgan fingerprint density at radius 1 is 1.27 bits per heavy atom. The molecule has 0 spiro atoms. The Morgan fingerprint density at radius 3 is 2.62 bits per heavy atom. The summed E-state index contributed by atoms with van der Waals surface area (Å²) in [7, 11) is 3.02. The van der Waals surface area contributed by atoms with Crippen LogP contribution in [0.1, 0.15) is 23.6 Å². The predicted octanol–water partition coefficient (Wildman–Crippen LogP) is 2.73. The van der Waals surface area contributed by atoms with Gasteiger partial charge in [-0.05, 0) is 29.8 Å². The Kier molecular flexibility index (Phi) is 9.85. The van der Waals surface area contributed by atoms with Crippen LogP contribution in [0.2, 0.25) is 0 Å². The van der Waals surface area contributed by atoms with E-state index in [-0.39, 0.29) is 36.3 Å². The number of ether oxygens (including phenoxy) is 2. The van der Waals surface area contributed by atoms with Crippen molar-refractivity contribution in [2.75, 3.05) is 37.7 Å². The van der Waals surface area contributed by atoms with Crippen molar-refractivity contribution in [3.63, 3.8) is 0 Å². The van der Waals surface area contributed by atoms with Crippen LogP contribution in [-0.4, -0.2) is 60.9 Å². The van der Waals surface area contributed by atoms with Gasteiger partial charge in [0.25, 0.3) is 0 Å². The molecule has 11 nitrogen and oxygen atoms in total. The van der Waals surface area contributed by atoms with Crippen LogP contribution in [-0.2, 0) is 4.79 Å². The van der Waals surface area contributed by atoms with Crippen LogP contribution in [0.4, 0.5) is 16.0 Å². The van der Waals surface area contributed by atoms with E-state index in [1.807, 2.05) is 0 Å². The maximum absolute atomic E-state index is 15.8. The lowest BCUT2D eigenvalue weighted by Crippen LogP contribution is -2.36. The van der Waals surface area contributed by atoms with Gasteiger partial charge < -0.3 is 30.6 Å². The van der Waals surface area contributed by atoms with Gasteiger partial charge in [0.15, 0.2) is 17.4 Å². The number of benzene rings is 2. The van der Waals surface area contributed by atoms with Gasteiger partial charge in [-0.1, -0.05) is 12.1 Å². The minimum absolute atomic E-state index is 0.0366. The van der Waals surface area contributed by atoms with E-state index in [1.54, 1.807) is 49.8 Å². The Hall–Kier alpha value is -4.58. The van der Waals surface area contributed by atoms with Crippen molar-refractivity contribution in [3.8, 4) is 11.5 Å². The Balaban J connectivity index is 2.13. The molecule has 2 aromatic carbocycles. The number of nitrogens with zero attached hydrogens (tertiary/aromatic N) is 4. The largest absolute Gasteiger partial charge is 0.497 e. The van der Waals surface area contributed by atoms with Crippen molar-refractivity contribution in [2.24, 2.45) is 5.10 Å². The van der Waals surface area contributed by atoms with E-state index in [4.69, 9.17) is 20.0 Å². The van der Waals surface area contributed by atoms with Crippen LogP contribution >= 0.6 is 0 Å². The molecule has 0 fully saturated rings. The normalized spacial score (nSPS) is 11.8. The van der Waals surface area contributed by atoms with Crippen LogP contribution in [0.25, 0.3) is 0 Å². The number of halogens is 1. The second-order valence-corrected chi connectivity index (χ2v) is 7.62. The molecule has 1 atom stereocenters. The zero-order valence-corrected chi connectivity index (χ0v) is 20.4. The van der Waals surface area contributed by atoms with Gasteiger partial charge in [0.2, 0.25) is 12.4 Å². The van der Waals surface area contributed by atoms with E-state index in [9.17, 15) is 4.79 Å². The van der Waals surface area contributed by atoms with Crippen molar-refractivity contribution in [1.29, 1.82) is 5.41 Å². The van der Waals surface area contributed by atoms with Gasteiger partial charge in [-0.25, -0.2) is 19.4 Å². The summed E-state index contributed by atoms with van der Waals surface area (Å²) in [4.78, 5) is 19.9. The van der Waals surface area contributed by atoms with Crippen molar-refractivity contribution < 1.29 is 23.8 Å². The highest BCUT2D eigenvalue weighted by atomic mass is 19.1. The zero-order valence-electron chi connectivity index (χ0n) is 20.4. The maximum atomic E-state index is 15.8. The summed E-state index contributed by atoms with van der Waals surface area (Å²) in [6.07, 6.45) is 5.03. The molecular formula is C25H28FN7O4. The van der Waals surface area contributed by atoms with Crippen molar-refractivity contribution in [2.45, 2.75) is 12.5 Å². The number of hydrazone groups is 1. The highest BCUT2D eigenvalue weighted by Crippen LogP contribution is 2.33. The van der Waals surface area contributed by atoms with Gasteiger partial charge in [0.1, 0.15) is 11.8 Å². The van der Waals surface area contributed by atoms with Crippen molar-refractivity contribution >= 4 is 30.1 Å². The number of anilines is 2. The lowest BCUT2D eigenvalue weighted by atomic mass is 10.0. The van der Waals surface area contributed by atoms with E-state index in [1.165, 1.54) is 30.5 Å². The Bertz CT molecular complexity index is 1210. The Labute approximate surface area is 213 Å². The molecule has 0 aliphatic carbocycles. The number of amides is 1. The number of carbonyl (C=O) groups excluding carboxylic acids is 1. The highest BCUT2D eigenvalue weighted by Gasteiger charge is 2.27. The molecule has 0 bridgehead atoms. The van der Waals surface area contributed by atoms with Crippen LogP contribution in [0, 0.1) is 11.2 Å². The molecule has 194 valence electrons. The monoisotopic (exact) mass is 509 g/mol. The van der Waals surface area contributed by atoms with Gasteiger partial charge in [-0.3, -0.25) is 4.79 Å². The van der Waals surface area contributed by atoms with Crippen LogP contribution < -0.4 is 25.1 Å². The molecular weight excluding hydrogens is 481 g/mol. The average molecular weight is 510 g/mol. The summed E-state index contributed by atoms with van der Waals surface area (Å²) in [5.41, 5.74) is 1.32. The molecule has 0 aliphatic rings. The molecule has 3 aromatic rings. The molecule has 37 heavy (non-hydrogen) atoms. The number of aliphatic hydroxyl groups excluding tert-OH is 1. The number of rotatable bonds is 13. The smallest absolute Gasteiger partial charge is 0.245 e. The molecule has 3 rings (SSSR count). The summed E-state index contributed by atoms with van der Waals surface area (Å²) in [5.74, 6) is -0.188. The summed E-state index contributed by atoms with van der Waals surface area (Å²) in [6, 6.07) is 10.4. The standard InChI is InChI=1S/C25H28FN7O4/c1-33(25-28-9-3-10-29-25)32-24(30-16-35)23(31-18-7-5-17(15-27)6-8-18)20-13-19(36-2)14-21(22(20)26)37-12-4-11-34/h3,5-10,13-16,23,27,31,34H,4,11-12H2,1-2H3,(H,30,32,35). The van der Waals surface area contributed by atoms with Gasteiger partial charge in [0.05, 0.1) is 13.7 Å². The van der Waals surface area contributed by atoms with Gasteiger partial charge >= 0.3 is 0 Å². The molecule has 0 radical (unpaired) electrons. The third-order valence-corrected chi connectivity index (χ3v) is 5.12. The zero-order chi connectivity index (χ0) is 26.6. The number of carbonyl (C=O) groups is 1. The molecule has 0 saturated heterocycles. The number of methoxy groups -OCH3 is 1. The minimum Gasteiger partial charge on any atom is -0.497 e. The fourth-order valence-electron chi connectivity index (χ4n) is 3.30. The molecule has 12 heteroatoms. The topological polar surface area (TPSA) is 145 Å². The van der Waals surface area contributed by atoms with E-state index in [0.29, 0.717) is 29.8 Å². The van der Waals surface area contributed by atoms with E-state index < -0.39 is 11.9 Å². The number of hydrogen-bond donors (Lipinski definition) is 4. The molecule has 1 aromatic heterocycles. The van der Waals surface area contributed by atoms with Gasteiger partial charge in [-0.15, -0.1) is 0 Å². The number of aromatic nitrogens is 2. The first kappa shape index (κ1) is 27.0. The number of amidine groups is 1. The second kappa shape index (κ2) is 13.5. The average Bonchev–Trinajstić information content (AvgIpc) is 2.93. The molecule has 0 saturated carbocycles. The van der Waals surface area contributed by atoms with E-state index in [0.717, 1.165) is 0 Å². The van der Waals surface area contributed by atoms with Gasteiger partial charge in [-0.2, -0.15) is 5.10 Å². The second-order valence-electron chi connectivity index (χ2n) is 7.62. The minimum atomic E-state index is -1.03. The summed E-state index contributed by atoms with van der Waals surface area (Å²) < 4.78 is 26.7. The van der Waals surface area contributed by atoms with E-state index >= 15 is 4.39 Å². The SMILES string of the molecule is COc1cc(OCCCO)c(F)c(C(Nc2ccc(C=N)cc2)/C(=N/N(C)c2ncccn2)NC=O)c1. The third-order valence-electron chi connectivity index (χ3n) is 5.12. The summed E-state index contributed by atoms with van der Waals surface area (Å²) in [5, 5.41) is 28.0. The first-order valence-electron chi connectivity index (χ1n) is 11.3. The lowest BCUT2D eigenvalue weighted by Gasteiger charge is -2.25. The molecule has 4 N–H and O–H groups in total. The highest BCUT2D eigenvalue weighted by molar-refractivity contribution is 5.97. The maximum Gasteiger partial charge on any atom is 0.245 e. The first-order valence-corrected chi connectivity index (χ1v) is 11.3. The number of aliphatic hydroxyl groups is 1.